The molecule has 0 saturated heterocycles. The van der Waals surface area contributed by atoms with E-state index in [1.807, 2.05) is 0 Å². The van der Waals surface area contributed by atoms with Crippen LogP contribution in [0.4, 0.5) is 0 Å². The summed E-state index contributed by atoms with van der Waals surface area (Å²) in [5, 5.41) is 0. The van der Waals surface area contributed by atoms with Crippen LogP contribution in [0.25, 0.3) is 0 Å². The summed E-state index contributed by atoms with van der Waals surface area (Å²) in [6.45, 7) is 7.85. The van der Waals surface area contributed by atoms with Crippen LogP contribution in [-0.4, -0.2) is 37.9 Å². The van der Waals surface area contributed by atoms with Crippen molar-refractivity contribution in [2.45, 2.75) is 271 Å². The Morgan fingerprint density at radius 1 is 0.389 bits per heavy atom. The highest BCUT2D eigenvalue weighted by atomic mass is 16.6. The highest BCUT2D eigenvalue weighted by Crippen LogP contribution is 2.15. The molecule has 0 heterocycles. The van der Waals surface area contributed by atoms with Gasteiger partial charge in [0.2, 0.25) is 0 Å². The van der Waals surface area contributed by atoms with Gasteiger partial charge in [-0.1, -0.05) is 219 Å². The van der Waals surface area contributed by atoms with E-state index >= 15 is 0 Å². The first-order valence-electron chi connectivity index (χ1n) is 24.2. The maximum Gasteiger partial charge on any atom is 0.306 e. The fraction of sp³-hybridized carbons (Fsp3) is 0.918. The molecule has 5 heteroatoms. The molecule has 0 N–H and O–H groups in total. The van der Waals surface area contributed by atoms with Gasteiger partial charge in [0.1, 0.15) is 6.61 Å². The van der Waals surface area contributed by atoms with Crippen LogP contribution in [0.5, 0.6) is 0 Å². The number of hydrogen-bond donors (Lipinski definition) is 0. The summed E-state index contributed by atoms with van der Waals surface area (Å²) < 4.78 is 17.3. The molecule has 54 heavy (non-hydrogen) atoms. The van der Waals surface area contributed by atoms with Crippen LogP contribution in [0, 0.1) is 0 Å². The number of carbonyl (C=O) groups is 2. The largest absolute Gasteiger partial charge is 0.462 e. The second-order valence-electron chi connectivity index (χ2n) is 16.4. The summed E-state index contributed by atoms with van der Waals surface area (Å²) >= 11 is 0. The molecule has 1 atom stereocenters. The molecule has 0 aromatic carbocycles. The summed E-state index contributed by atoms with van der Waals surface area (Å²) in [5.41, 5.74) is 0. The molecule has 0 aliphatic heterocycles. The van der Waals surface area contributed by atoms with Gasteiger partial charge >= 0.3 is 11.9 Å². The summed E-state index contributed by atoms with van der Waals surface area (Å²) in [4.78, 5) is 25.3. The fourth-order valence-corrected chi connectivity index (χ4v) is 7.15. The molecule has 0 bridgehead atoms. The first-order chi connectivity index (χ1) is 26.6. The van der Waals surface area contributed by atoms with E-state index in [0.717, 1.165) is 44.9 Å². The van der Waals surface area contributed by atoms with Crippen molar-refractivity contribution in [2.24, 2.45) is 0 Å². The summed E-state index contributed by atoms with van der Waals surface area (Å²) in [6.07, 6.45) is 50.6. The third-order valence-electron chi connectivity index (χ3n) is 10.8. The van der Waals surface area contributed by atoms with Crippen LogP contribution in [0.15, 0.2) is 12.2 Å². The van der Waals surface area contributed by atoms with Gasteiger partial charge in [-0.25, -0.2) is 0 Å². The number of ether oxygens (including phenoxy) is 3. The van der Waals surface area contributed by atoms with Gasteiger partial charge in [0.05, 0.1) is 6.61 Å². The minimum Gasteiger partial charge on any atom is -0.462 e. The normalized spacial score (nSPS) is 12.1. The van der Waals surface area contributed by atoms with E-state index in [0.29, 0.717) is 26.1 Å². The van der Waals surface area contributed by atoms with Gasteiger partial charge in [0, 0.05) is 19.4 Å². The van der Waals surface area contributed by atoms with Crippen molar-refractivity contribution in [1.82, 2.24) is 0 Å². The van der Waals surface area contributed by atoms with E-state index in [2.05, 4.69) is 32.9 Å². The van der Waals surface area contributed by atoms with E-state index in [-0.39, 0.29) is 18.5 Å². The SMILES string of the molecule is CCCCCC/C=C\CCCCCCCC(=O)OCC(COCCCCCCCCCCCCCC)OC(=O)CCCCCCCCCCCCCCC. The lowest BCUT2D eigenvalue weighted by Gasteiger charge is -2.18. The zero-order valence-corrected chi connectivity index (χ0v) is 36.8. The van der Waals surface area contributed by atoms with Crippen molar-refractivity contribution in [3.8, 4) is 0 Å². The molecule has 0 rings (SSSR count). The zero-order valence-electron chi connectivity index (χ0n) is 36.8. The van der Waals surface area contributed by atoms with Gasteiger partial charge in [-0.2, -0.15) is 0 Å². The minimum absolute atomic E-state index is 0.0897. The summed E-state index contributed by atoms with van der Waals surface area (Å²) in [7, 11) is 0. The second-order valence-corrected chi connectivity index (χ2v) is 16.4. The Kier molecular flexibility index (Phi) is 44.9. The molecular weight excluding hydrogens is 669 g/mol. The maximum absolute atomic E-state index is 12.7. The van der Waals surface area contributed by atoms with Crippen molar-refractivity contribution in [1.29, 1.82) is 0 Å². The molecular formula is C49H94O5. The fourth-order valence-electron chi connectivity index (χ4n) is 7.15. The lowest BCUT2D eigenvalue weighted by molar-refractivity contribution is -0.163. The molecule has 0 saturated carbocycles. The van der Waals surface area contributed by atoms with Crippen molar-refractivity contribution in [3.63, 3.8) is 0 Å². The van der Waals surface area contributed by atoms with Crippen LogP contribution in [0.3, 0.4) is 0 Å². The molecule has 0 aliphatic rings. The molecule has 0 aromatic heterocycles. The van der Waals surface area contributed by atoms with Crippen LogP contribution < -0.4 is 0 Å². The van der Waals surface area contributed by atoms with E-state index in [1.165, 1.54) is 186 Å². The van der Waals surface area contributed by atoms with Crippen molar-refractivity contribution in [3.05, 3.63) is 12.2 Å². The van der Waals surface area contributed by atoms with E-state index in [4.69, 9.17) is 14.2 Å². The van der Waals surface area contributed by atoms with Gasteiger partial charge in [-0.3, -0.25) is 9.59 Å². The molecule has 0 spiro atoms. The molecule has 0 amide bonds. The monoisotopic (exact) mass is 763 g/mol. The number of allylic oxidation sites excluding steroid dienone is 2. The summed E-state index contributed by atoms with van der Waals surface area (Å²) in [5.74, 6) is -0.390. The van der Waals surface area contributed by atoms with Crippen LogP contribution in [0.2, 0.25) is 0 Å². The number of carbonyl (C=O) groups excluding carboxylic acids is 2. The van der Waals surface area contributed by atoms with Crippen LogP contribution in [-0.2, 0) is 23.8 Å². The average molecular weight is 763 g/mol. The van der Waals surface area contributed by atoms with E-state index in [9.17, 15) is 9.59 Å². The Labute approximate surface area is 337 Å². The molecule has 0 aromatic rings. The number of unbranched alkanes of at least 4 members (excludes halogenated alkanes) is 32. The average Bonchev–Trinajstić information content (AvgIpc) is 3.17. The van der Waals surface area contributed by atoms with Crippen LogP contribution in [0.1, 0.15) is 265 Å². The smallest absolute Gasteiger partial charge is 0.306 e. The summed E-state index contributed by atoms with van der Waals surface area (Å²) in [6, 6.07) is 0. The molecule has 0 aliphatic carbocycles. The van der Waals surface area contributed by atoms with E-state index < -0.39 is 6.10 Å². The lowest BCUT2D eigenvalue weighted by Crippen LogP contribution is -2.30. The van der Waals surface area contributed by atoms with Crippen LogP contribution >= 0.6 is 0 Å². The quantitative estimate of drug-likeness (QED) is 0.0351. The second kappa shape index (κ2) is 46.0. The topological polar surface area (TPSA) is 61.8 Å². The Bertz CT molecular complexity index is 780. The number of hydrogen-bond acceptors (Lipinski definition) is 5. The van der Waals surface area contributed by atoms with Gasteiger partial charge in [0.15, 0.2) is 6.10 Å². The maximum atomic E-state index is 12.7. The van der Waals surface area contributed by atoms with Gasteiger partial charge in [-0.15, -0.1) is 0 Å². The Hall–Kier alpha value is -1.36. The van der Waals surface area contributed by atoms with Gasteiger partial charge in [-0.05, 0) is 44.9 Å². The first-order valence-corrected chi connectivity index (χ1v) is 24.2. The van der Waals surface area contributed by atoms with Gasteiger partial charge < -0.3 is 14.2 Å². The predicted octanol–water partition coefficient (Wildman–Crippen LogP) is 15.9. The standard InChI is InChI=1S/C49H94O5/c1-4-7-10-13-16-19-22-25-27-30-33-36-39-42-48(50)53-46-47(45-52-44-41-38-35-32-29-24-21-18-15-12-9-6-3)54-49(51)43-40-37-34-31-28-26-23-20-17-14-11-8-5-2/h19,22,47H,4-18,20-21,23-46H2,1-3H3/b22-19-. The Morgan fingerprint density at radius 2 is 0.722 bits per heavy atom. The van der Waals surface area contributed by atoms with E-state index in [1.54, 1.807) is 0 Å². The molecule has 1 unspecified atom stereocenters. The molecule has 0 radical (unpaired) electrons. The number of rotatable bonds is 45. The molecule has 320 valence electrons. The Morgan fingerprint density at radius 3 is 1.15 bits per heavy atom. The number of esters is 2. The van der Waals surface area contributed by atoms with Crippen molar-refractivity contribution < 1.29 is 23.8 Å². The molecule has 0 fully saturated rings. The first kappa shape index (κ1) is 52.6. The third-order valence-corrected chi connectivity index (χ3v) is 10.8. The third kappa shape index (κ3) is 43.4. The molecule has 5 nitrogen and oxygen atoms in total. The predicted molar refractivity (Wildman–Crippen MR) is 233 cm³/mol. The highest BCUT2D eigenvalue weighted by molar-refractivity contribution is 5.70. The van der Waals surface area contributed by atoms with Crippen molar-refractivity contribution in [2.75, 3.05) is 19.8 Å². The van der Waals surface area contributed by atoms with Crippen molar-refractivity contribution >= 4 is 11.9 Å². The highest BCUT2D eigenvalue weighted by Gasteiger charge is 2.17. The lowest BCUT2D eigenvalue weighted by atomic mass is 10.0. The Balaban J connectivity index is 4.22. The zero-order chi connectivity index (χ0) is 39.3. The minimum atomic E-state index is -0.527. The van der Waals surface area contributed by atoms with Gasteiger partial charge in [0.25, 0.3) is 0 Å².